The van der Waals surface area contributed by atoms with Gasteiger partial charge in [-0.25, -0.2) is 13.2 Å². The van der Waals surface area contributed by atoms with Crippen LogP contribution in [0.2, 0.25) is 0 Å². The van der Waals surface area contributed by atoms with Gasteiger partial charge < -0.3 is 9.73 Å². The molecule has 7 nitrogen and oxygen atoms in total. The molecular weight excluding hydrogens is 330 g/mol. The van der Waals surface area contributed by atoms with Crippen LogP contribution >= 0.6 is 12.4 Å². The molecule has 0 amide bonds. The topological polar surface area (TPSA) is 84.6 Å². The number of oxazole rings is 1. The molecule has 0 unspecified atom stereocenters. The largest absolute Gasteiger partial charge is 0.419 e. The molecule has 0 spiro atoms. The van der Waals surface area contributed by atoms with Gasteiger partial charge in [-0.15, -0.1) is 12.4 Å². The molecule has 1 fully saturated rings. The van der Waals surface area contributed by atoms with E-state index in [9.17, 15) is 13.2 Å². The first-order valence-electron chi connectivity index (χ1n) is 6.73. The fourth-order valence-corrected chi connectivity index (χ4v) is 4.08. The van der Waals surface area contributed by atoms with Crippen molar-refractivity contribution in [3.8, 4) is 0 Å². The Morgan fingerprint density at radius 1 is 1.36 bits per heavy atom. The zero-order chi connectivity index (χ0) is 15.2. The van der Waals surface area contributed by atoms with Crippen molar-refractivity contribution < 1.29 is 12.8 Å². The summed E-state index contributed by atoms with van der Waals surface area (Å²) >= 11 is 0. The molecule has 9 heteroatoms. The number of benzene rings is 1. The molecule has 2 heterocycles. The van der Waals surface area contributed by atoms with Crippen LogP contribution in [0, 0.1) is 0 Å². The molecule has 2 aromatic rings. The molecule has 0 radical (unpaired) electrons. The average molecular weight is 348 g/mol. The molecule has 1 N–H and O–H groups in total. The lowest BCUT2D eigenvalue weighted by Crippen LogP contribution is -2.51. The summed E-state index contributed by atoms with van der Waals surface area (Å²) in [5, 5.41) is 3.21. The van der Waals surface area contributed by atoms with Gasteiger partial charge in [0.2, 0.25) is 10.0 Å². The van der Waals surface area contributed by atoms with E-state index in [2.05, 4.69) is 5.32 Å². The van der Waals surface area contributed by atoms with Gasteiger partial charge in [0.25, 0.3) is 0 Å². The number of rotatable bonds is 2. The number of aromatic nitrogens is 1. The molecule has 0 bridgehead atoms. The number of nitrogens with zero attached hydrogens (tertiary/aromatic N) is 2. The van der Waals surface area contributed by atoms with Crippen LogP contribution in [-0.2, 0) is 17.1 Å². The highest BCUT2D eigenvalue weighted by atomic mass is 35.5. The van der Waals surface area contributed by atoms with Gasteiger partial charge in [-0.2, -0.15) is 4.31 Å². The third kappa shape index (κ3) is 2.79. The van der Waals surface area contributed by atoms with Crippen LogP contribution in [0.4, 0.5) is 0 Å². The quantitative estimate of drug-likeness (QED) is 0.857. The van der Waals surface area contributed by atoms with Crippen molar-refractivity contribution in [3.63, 3.8) is 0 Å². The number of piperazine rings is 1. The van der Waals surface area contributed by atoms with E-state index in [4.69, 9.17) is 4.42 Å². The number of sulfonamides is 1. The summed E-state index contributed by atoms with van der Waals surface area (Å²) in [7, 11) is -1.98. The fraction of sp³-hybridized carbons (Fsp3) is 0.462. The highest BCUT2D eigenvalue weighted by Gasteiger charge is 2.29. The van der Waals surface area contributed by atoms with Gasteiger partial charge in [-0.3, -0.25) is 4.57 Å². The molecular formula is C13H18ClN3O4S. The number of hydrogen-bond acceptors (Lipinski definition) is 5. The molecule has 1 aromatic carbocycles. The van der Waals surface area contributed by atoms with Gasteiger partial charge in [0.05, 0.1) is 10.4 Å². The van der Waals surface area contributed by atoms with Crippen LogP contribution < -0.4 is 11.1 Å². The van der Waals surface area contributed by atoms with Gasteiger partial charge in [-0.1, -0.05) is 0 Å². The van der Waals surface area contributed by atoms with Crippen LogP contribution in [0.1, 0.15) is 6.92 Å². The number of aryl methyl sites for hydroxylation is 1. The fourth-order valence-electron chi connectivity index (χ4n) is 2.54. The Bertz CT molecular complexity index is 843. The normalized spacial score (nSPS) is 20.0. The van der Waals surface area contributed by atoms with Gasteiger partial charge in [0.1, 0.15) is 0 Å². The summed E-state index contributed by atoms with van der Waals surface area (Å²) in [6.07, 6.45) is 0. The van der Waals surface area contributed by atoms with Gasteiger partial charge in [0, 0.05) is 38.8 Å². The maximum absolute atomic E-state index is 12.6. The summed E-state index contributed by atoms with van der Waals surface area (Å²) < 4.78 is 33.1. The van der Waals surface area contributed by atoms with Gasteiger partial charge in [0.15, 0.2) is 5.58 Å². The Morgan fingerprint density at radius 3 is 2.77 bits per heavy atom. The molecule has 1 aliphatic rings. The minimum atomic E-state index is -3.57. The van der Waals surface area contributed by atoms with Crippen LogP contribution in [0.25, 0.3) is 11.1 Å². The third-order valence-electron chi connectivity index (χ3n) is 3.73. The standard InChI is InChI=1S/C13H17N3O4S.ClH/c1-9-8-16(6-5-14-9)21(18,19)10-3-4-11-12(7-10)20-13(17)15(11)2;/h3-4,7,9,14H,5-6,8H2,1-2H3;1H/t9-;/m0./s1. The van der Waals surface area contributed by atoms with Crippen molar-refractivity contribution in [3.05, 3.63) is 28.7 Å². The molecule has 1 aliphatic heterocycles. The lowest BCUT2D eigenvalue weighted by molar-refractivity contribution is 0.310. The number of nitrogens with one attached hydrogen (secondary N) is 1. The van der Waals surface area contributed by atoms with Crippen LogP contribution in [0.15, 0.2) is 32.3 Å². The van der Waals surface area contributed by atoms with Crippen molar-refractivity contribution >= 4 is 33.5 Å². The predicted molar refractivity (Wildman–Crippen MR) is 84.9 cm³/mol. The van der Waals surface area contributed by atoms with Crippen LogP contribution in [-0.4, -0.2) is 43.0 Å². The Labute approximate surface area is 134 Å². The summed E-state index contributed by atoms with van der Waals surface area (Å²) in [6, 6.07) is 4.64. The Hall–Kier alpha value is -1.35. The zero-order valence-electron chi connectivity index (χ0n) is 12.3. The average Bonchev–Trinajstić information content (AvgIpc) is 2.73. The predicted octanol–water partition coefficient (Wildman–Crippen LogP) is 0.536. The van der Waals surface area contributed by atoms with Crippen molar-refractivity contribution in [2.24, 2.45) is 7.05 Å². The van der Waals surface area contributed by atoms with Crippen LogP contribution in [0.3, 0.4) is 0 Å². The summed E-state index contributed by atoms with van der Waals surface area (Å²) in [5.41, 5.74) is 0.861. The van der Waals surface area contributed by atoms with E-state index in [1.165, 1.54) is 21.0 Å². The zero-order valence-corrected chi connectivity index (χ0v) is 13.9. The monoisotopic (exact) mass is 347 g/mol. The highest BCUT2D eigenvalue weighted by Crippen LogP contribution is 2.22. The summed E-state index contributed by atoms with van der Waals surface area (Å²) in [6.45, 7) is 3.44. The molecule has 1 saturated heterocycles. The highest BCUT2D eigenvalue weighted by molar-refractivity contribution is 7.89. The van der Waals surface area contributed by atoms with Crippen molar-refractivity contribution in [1.29, 1.82) is 0 Å². The second kappa shape index (κ2) is 6.04. The smallest absolute Gasteiger partial charge is 0.408 e. The maximum atomic E-state index is 12.6. The Kier molecular flexibility index (Phi) is 4.67. The SMILES string of the molecule is C[C@H]1CN(S(=O)(=O)c2ccc3c(c2)oc(=O)n3C)CCN1.Cl. The molecule has 1 atom stereocenters. The van der Waals surface area contributed by atoms with Crippen molar-refractivity contribution in [2.75, 3.05) is 19.6 Å². The number of hydrogen-bond donors (Lipinski definition) is 1. The van der Waals surface area contributed by atoms with Crippen molar-refractivity contribution in [1.82, 2.24) is 14.2 Å². The van der Waals surface area contributed by atoms with E-state index in [0.29, 0.717) is 25.2 Å². The third-order valence-corrected chi connectivity index (χ3v) is 5.59. The van der Waals surface area contributed by atoms with E-state index >= 15 is 0 Å². The first-order chi connectivity index (χ1) is 9.89. The van der Waals surface area contributed by atoms with Gasteiger partial charge >= 0.3 is 5.76 Å². The lowest BCUT2D eigenvalue weighted by atomic mass is 10.3. The van der Waals surface area contributed by atoms with Crippen molar-refractivity contribution in [2.45, 2.75) is 17.9 Å². The minimum absolute atomic E-state index is 0. The molecule has 22 heavy (non-hydrogen) atoms. The molecule has 3 rings (SSSR count). The second-order valence-electron chi connectivity index (χ2n) is 5.27. The van der Waals surface area contributed by atoms with Crippen LogP contribution in [0.5, 0.6) is 0 Å². The minimum Gasteiger partial charge on any atom is -0.408 e. The van der Waals surface area contributed by atoms with E-state index < -0.39 is 15.8 Å². The second-order valence-corrected chi connectivity index (χ2v) is 7.21. The Morgan fingerprint density at radius 2 is 2.09 bits per heavy atom. The van der Waals surface area contributed by atoms with E-state index in [1.807, 2.05) is 6.92 Å². The number of halogens is 1. The van der Waals surface area contributed by atoms with E-state index in [-0.39, 0.29) is 28.9 Å². The first kappa shape index (κ1) is 17.0. The molecule has 122 valence electrons. The number of fused-ring (bicyclic) bond motifs is 1. The lowest BCUT2D eigenvalue weighted by Gasteiger charge is -2.30. The first-order valence-corrected chi connectivity index (χ1v) is 8.17. The van der Waals surface area contributed by atoms with E-state index in [1.54, 1.807) is 13.1 Å². The maximum Gasteiger partial charge on any atom is 0.419 e. The Balaban J connectivity index is 0.00000176. The van der Waals surface area contributed by atoms with Gasteiger partial charge in [-0.05, 0) is 19.1 Å². The summed E-state index contributed by atoms with van der Waals surface area (Å²) in [4.78, 5) is 11.6. The van der Waals surface area contributed by atoms with E-state index in [0.717, 1.165) is 0 Å². The molecule has 0 saturated carbocycles. The summed E-state index contributed by atoms with van der Waals surface area (Å²) in [5.74, 6) is -0.504. The molecule has 0 aliphatic carbocycles. The molecule has 1 aromatic heterocycles.